The molecular weight excluding hydrogens is 208 g/mol. The van der Waals surface area contributed by atoms with Gasteiger partial charge in [0.2, 0.25) is 0 Å². The maximum absolute atomic E-state index is 4.24. The summed E-state index contributed by atoms with van der Waals surface area (Å²) in [6, 6.07) is 0. The molecule has 0 unspecified atom stereocenters. The molecule has 0 saturated heterocycles. The molecule has 0 spiro atoms. The number of hydrogen-bond donors (Lipinski definition) is 1. The Labute approximate surface area is 106 Å². The Kier molecular flexibility index (Phi) is 8.71. The summed E-state index contributed by atoms with van der Waals surface area (Å²) in [5.41, 5.74) is 1.21. The van der Waals surface area contributed by atoms with E-state index in [4.69, 9.17) is 0 Å². The average Bonchev–Trinajstić information content (AvgIpc) is 2.85. The number of aromatic nitrogens is 2. The molecule has 0 bridgehead atoms. The second-order valence-electron chi connectivity index (χ2n) is 4.99. The average molecular weight is 236 g/mol. The van der Waals surface area contributed by atoms with E-state index in [0.717, 1.165) is 6.42 Å². The van der Waals surface area contributed by atoms with E-state index in [2.05, 4.69) is 16.9 Å². The molecule has 1 N–H and O–H groups in total. The maximum atomic E-state index is 4.24. The van der Waals surface area contributed by atoms with Crippen LogP contribution in [0.2, 0.25) is 0 Å². The van der Waals surface area contributed by atoms with Crippen LogP contribution in [0, 0.1) is 0 Å². The summed E-state index contributed by atoms with van der Waals surface area (Å²) in [5, 5.41) is 0. The van der Waals surface area contributed by atoms with Crippen LogP contribution in [0.4, 0.5) is 0 Å². The molecule has 1 aromatic rings. The third kappa shape index (κ3) is 8.00. The van der Waals surface area contributed by atoms with Crippen LogP contribution in [0.3, 0.4) is 0 Å². The Balaban J connectivity index is 1.76. The lowest BCUT2D eigenvalue weighted by Gasteiger charge is -2.01. The molecule has 98 valence electrons. The molecule has 1 rings (SSSR count). The van der Waals surface area contributed by atoms with Crippen molar-refractivity contribution in [2.45, 2.75) is 77.6 Å². The fraction of sp³-hybridized carbons (Fsp3) is 0.800. The zero-order valence-corrected chi connectivity index (χ0v) is 11.4. The molecular formula is C15H28N2. The number of aromatic amines is 1. The van der Waals surface area contributed by atoms with Gasteiger partial charge in [0.25, 0.3) is 0 Å². The van der Waals surface area contributed by atoms with E-state index in [9.17, 15) is 0 Å². The van der Waals surface area contributed by atoms with Crippen molar-refractivity contribution in [2.75, 3.05) is 0 Å². The Hall–Kier alpha value is -0.790. The van der Waals surface area contributed by atoms with Gasteiger partial charge >= 0.3 is 0 Å². The summed E-state index contributed by atoms with van der Waals surface area (Å²) in [4.78, 5) is 7.24. The van der Waals surface area contributed by atoms with Crippen LogP contribution in [0.15, 0.2) is 12.5 Å². The van der Waals surface area contributed by atoms with Gasteiger partial charge in [0, 0.05) is 6.20 Å². The molecule has 0 radical (unpaired) electrons. The minimum absolute atomic E-state index is 1.14. The molecule has 0 saturated carbocycles. The topological polar surface area (TPSA) is 28.7 Å². The number of hydrogen-bond acceptors (Lipinski definition) is 1. The largest absolute Gasteiger partial charge is 0.351 e. The van der Waals surface area contributed by atoms with Gasteiger partial charge in [0.15, 0.2) is 0 Å². The van der Waals surface area contributed by atoms with Crippen molar-refractivity contribution in [3.8, 4) is 0 Å². The van der Waals surface area contributed by atoms with Crippen LogP contribution in [0.25, 0.3) is 0 Å². The van der Waals surface area contributed by atoms with Crippen LogP contribution in [-0.2, 0) is 6.42 Å². The van der Waals surface area contributed by atoms with Crippen LogP contribution in [-0.4, -0.2) is 9.97 Å². The summed E-state index contributed by atoms with van der Waals surface area (Å²) in [5.74, 6) is 0. The SMILES string of the molecule is CCCCCCCCCCCCc1c[nH]cn1. The molecule has 0 aliphatic rings. The summed E-state index contributed by atoms with van der Waals surface area (Å²) < 4.78 is 0. The Morgan fingerprint density at radius 1 is 0.882 bits per heavy atom. The van der Waals surface area contributed by atoms with Crippen molar-refractivity contribution in [1.82, 2.24) is 9.97 Å². The number of imidazole rings is 1. The van der Waals surface area contributed by atoms with Gasteiger partial charge in [-0.2, -0.15) is 0 Å². The highest BCUT2D eigenvalue weighted by Crippen LogP contribution is 2.11. The van der Waals surface area contributed by atoms with E-state index in [1.165, 1.54) is 69.9 Å². The molecule has 0 fully saturated rings. The standard InChI is InChI=1S/C15H28N2/c1-2-3-4-5-6-7-8-9-10-11-12-15-13-16-14-17-15/h13-14H,2-12H2,1H3,(H,16,17). The molecule has 0 aliphatic carbocycles. The molecule has 0 aromatic carbocycles. The summed E-state index contributed by atoms with van der Waals surface area (Å²) in [7, 11) is 0. The first kappa shape index (κ1) is 14.3. The highest BCUT2D eigenvalue weighted by Gasteiger charge is 1.95. The van der Waals surface area contributed by atoms with Gasteiger partial charge in [0.1, 0.15) is 0 Å². The first-order chi connectivity index (χ1) is 8.43. The van der Waals surface area contributed by atoms with Crippen molar-refractivity contribution < 1.29 is 0 Å². The number of aryl methyl sites for hydroxylation is 1. The third-order valence-electron chi connectivity index (χ3n) is 3.34. The molecule has 0 aliphatic heterocycles. The minimum atomic E-state index is 1.14. The van der Waals surface area contributed by atoms with Crippen molar-refractivity contribution in [3.05, 3.63) is 18.2 Å². The highest BCUT2D eigenvalue weighted by molar-refractivity contribution is 4.93. The fourth-order valence-corrected chi connectivity index (χ4v) is 2.22. The Bertz CT molecular complexity index is 241. The molecule has 17 heavy (non-hydrogen) atoms. The van der Waals surface area contributed by atoms with Crippen molar-refractivity contribution in [3.63, 3.8) is 0 Å². The van der Waals surface area contributed by atoms with Crippen LogP contribution < -0.4 is 0 Å². The second kappa shape index (κ2) is 10.4. The van der Waals surface area contributed by atoms with Gasteiger partial charge in [-0.25, -0.2) is 4.98 Å². The van der Waals surface area contributed by atoms with E-state index in [1.54, 1.807) is 6.33 Å². The summed E-state index contributed by atoms with van der Waals surface area (Å²) in [6.07, 6.45) is 18.9. The van der Waals surface area contributed by atoms with Gasteiger partial charge in [0.05, 0.1) is 12.0 Å². The molecule has 2 heteroatoms. The van der Waals surface area contributed by atoms with E-state index in [0.29, 0.717) is 0 Å². The lowest BCUT2D eigenvalue weighted by Crippen LogP contribution is -1.86. The monoisotopic (exact) mass is 236 g/mol. The predicted octanol–water partition coefficient (Wildman–Crippen LogP) is 4.87. The first-order valence-corrected chi connectivity index (χ1v) is 7.41. The third-order valence-corrected chi connectivity index (χ3v) is 3.34. The zero-order chi connectivity index (χ0) is 12.2. The number of unbranched alkanes of at least 4 members (excludes halogenated alkanes) is 9. The Morgan fingerprint density at radius 2 is 1.47 bits per heavy atom. The second-order valence-corrected chi connectivity index (χ2v) is 4.99. The molecule has 1 aromatic heterocycles. The zero-order valence-electron chi connectivity index (χ0n) is 11.4. The van der Waals surface area contributed by atoms with E-state index in [-0.39, 0.29) is 0 Å². The molecule has 2 nitrogen and oxygen atoms in total. The predicted molar refractivity (Wildman–Crippen MR) is 74.1 cm³/mol. The van der Waals surface area contributed by atoms with Crippen molar-refractivity contribution in [2.24, 2.45) is 0 Å². The van der Waals surface area contributed by atoms with Crippen LogP contribution in [0.1, 0.15) is 76.8 Å². The minimum Gasteiger partial charge on any atom is -0.351 e. The van der Waals surface area contributed by atoms with Gasteiger partial charge in [-0.05, 0) is 12.8 Å². The van der Waals surface area contributed by atoms with E-state index < -0.39 is 0 Å². The van der Waals surface area contributed by atoms with Crippen molar-refractivity contribution >= 4 is 0 Å². The van der Waals surface area contributed by atoms with Crippen LogP contribution in [0.5, 0.6) is 0 Å². The molecule has 0 atom stereocenters. The van der Waals surface area contributed by atoms with Gasteiger partial charge in [-0.3, -0.25) is 0 Å². The number of rotatable bonds is 11. The molecule has 0 amide bonds. The highest BCUT2D eigenvalue weighted by atomic mass is 14.9. The van der Waals surface area contributed by atoms with Gasteiger partial charge < -0.3 is 4.98 Å². The smallest absolute Gasteiger partial charge is 0.0923 e. The van der Waals surface area contributed by atoms with Gasteiger partial charge in [-0.15, -0.1) is 0 Å². The summed E-state index contributed by atoms with van der Waals surface area (Å²) in [6.45, 7) is 2.28. The fourth-order valence-electron chi connectivity index (χ4n) is 2.22. The van der Waals surface area contributed by atoms with Gasteiger partial charge in [-0.1, -0.05) is 64.7 Å². The number of nitrogens with one attached hydrogen (secondary N) is 1. The maximum Gasteiger partial charge on any atom is 0.0923 e. The number of H-pyrrole nitrogens is 1. The van der Waals surface area contributed by atoms with E-state index in [1.807, 2.05) is 6.20 Å². The molecule has 1 heterocycles. The van der Waals surface area contributed by atoms with E-state index >= 15 is 0 Å². The number of nitrogens with zero attached hydrogens (tertiary/aromatic N) is 1. The first-order valence-electron chi connectivity index (χ1n) is 7.41. The van der Waals surface area contributed by atoms with Crippen molar-refractivity contribution in [1.29, 1.82) is 0 Å². The quantitative estimate of drug-likeness (QED) is 0.545. The summed E-state index contributed by atoms with van der Waals surface area (Å²) >= 11 is 0. The lowest BCUT2D eigenvalue weighted by atomic mass is 10.1. The van der Waals surface area contributed by atoms with Crippen LogP contribution >= 0.6 is 0 Å². The normalized spacial score (nSPS) is 10.9. The Morgan fingerprint density at radius 3 is 2.00 bits per heavy atom. The lowest BCUT2D eigenvalue weighted by molar-refractivity contribution is 0.555.